The molecule has 0 aliphatic rings. The van der Waals surface area contributed by atoms with Gasteiger partial charge >= 0.3 is 0 Å². The van der Waals surface area contributed by atoms with Gasteiger partial charge in [0.15, 0.2) is 0 Å². The molecule has 3 N–H and O–H groups in total. The van der Waals surface area contributed by atoms with Gasteiger partial charge in [-0.15, -0.1) is 0 Å². The Morgan fingerprint density at radius 3 is 2.72 bits per heavy atom. The third-order valence-electron chi connectivity index (χ3n) is 2.50. The second kappa shape index (κ2) is 5.18. The third kappa shape index (κ3) is 2.87. The molecule has 2 rings (SSSR count). The molecule has 1 aromatic carbocycles. The van der Waals surface area contributed by atoms with E-state index in [2.05, 4.69) is 5.32 Å². The largest absolute Gasteiger partial charge is 0.465 e. The van der Waals surface area contributed by atoms with E-state index in [1.54, 1.807) is 12.1 Å². The number of hydrogen-bond donors (Lipinski definition) is 2. The Bertz CT molecular complexity index is 580. The highest BCUT2D eigenvalue weighted by atomic mass is 32.1. The van der Waals surface area contributed by atoms with E-state index in [4.69, 9.17) is 22.4 Å². The van der Waals surface area contributed by atoms with Crippen molar-refractivity contribution in [3.63, 3.8) is 0 Å². The fraction of sp³-hybridized carbons (Fsp3) is 0.154. The molecule has 1 aromatic heterocycles. The first kappa shape index (κ1) is 12.6. The Kier molecular flexibility index (Phi) is 3.62. The van der Waals surface area contributed by atoms with Gasteiger partial charge in [-0.3, -0.25) is 0 Å². The van der Waals surface area contributed by atoms with Crippen molar-refractivity contribution in [1.82, 2.24) is 0 Å². The lowest BCUT2D eigenvalue weighted by atomic mass is 10.2. The van der Waals surface area contributed by atoms with Crippen LogP contribution in [0.5, 0.6) is 0 Å². The van der Waals surface area contributed by atoms with Gasteiger partial charge in [0.1, 0.15) is 22.3 Å². The van der Waals surface area contributed by atoms with Crippen molar-refractivity contribution in [2.75, 3.05) is 5.32 Å². The minimum Gasteiger partial charge on any atom is -0.465 e. The Morgan fingerprint density at radius 1 is 1.39 bits per heavy atom. The smallest absolute Gasteiger partial charge is 0.146 e. The molecule has 0 fully saturated rings. The average molecular weight is 264 g/mol. The average Bonchev–Trinajstić information content (AvgIpc) is 2.73. The van der Waals surface area contributed by atoms with Gasteiger partial charge in [0.25, 0.3) is 0 Å². The van der Waals surface area contributed by atoms with Gasteiger partial charge < -0.3 is 15.5 Å². The van der Waals surface area contributed by atoms with Gasteiger partial charge in [0, 0.05) is 5.56 Å². The van der Waals surface area contributed by atoms with Crippen LogP contribution in [0.2, 0.25) is 0 Å². The summed E-state index contributed by atoms with van der Waals surface area (Å²) in [6.07, 6.45) is 0. The van der Waals surface area contributed by atoms with Gasteiger partial charge in [-0.25, -0.2) is 4.39 Å². The second-order valence-electron chi connectivity index (χ2n) is 3.92. The first-order valence-electron chi connectivity index (χ1n) is 5.45. The van der Waals surface area contributed by atoms with Crippen LogP contribution in [0.1, 0.15) is 17.1 Å². The molecule has 1 heterocycles. The summed E-state index contributed by atoms with van der Waals surface area (Å²) in [5, 5.41) is 2.96. The number of halogens is 1. The van der Waals surface area contributed by atoms with Gasteiger partial charge in [-0.1, -0.05) is 12.2 Å². The molecule has 0 amide bonds. The quantitative estimate of drug-likeness (QED) is 0.834. The zero-order valence-electron chi connectivity index (χ0n) is 9.87. The molecule has 2 aromatic rings. The topological polar surface area (TPSA) is 51.2 Å². The number of hydrogen-bond acceptors (Lipinski definition) is 3. The summed E-state index contributed by atoms with van der Waals surface area (Å²) in [5.74, 6) is 1.20. The molecule has 0 aliphatic heterocycles. The van der Waals surface area contributed by atoms with Gasteiger partial charge in [-0.2, -0.15) is 0 Å². The van der Waals surface area contributed by atoms with Crippen LogP contribution in [-0.4, -0.2) is 4.99 Å². The van der Waals surface area contributed by atoms with E-state index >= 15 is 0 Å². The van der Waals surface area contributed by atoms with Crippen LogP contribution >= 0.6 is 12.2 Å². The van der Waals surface area contributed by atoms with E-state index in [0.29, 0.717) is 17.8 Å². The highest BCUT2D eigenvalue weighted by Gasteiger charge is 2.06. The van der Waals surface area contributed by atoms with E-state index in [-0.39, 0.29) is 10.8 Å². The zero-order valence-corrected chi connectivity index (χ0v) is 10.7. The third-order valence-corrected chi connectivity index (χ3v) is 2.74. The first-order valence-corrected chi connectivity index (χ1v) is 5.85. The van der Waals surface area contributed by atoms with E-state index in [0.717, 1.165) is 11.5 Å². The molecule has 18 heavy (non-hydrogen) atoms. The van der Waals surface area contributed by atoms with Crippen molar-refractivity contribution in [1.29, 1.82) is 0 Å². The monoisotopic (exact) mass is 264 g/mol. The van der Waals surface area contributed by atoms with Crippen LogP contribution in [0.3, 0.4) is 0 Å². The van der Waals surface area contributed by atoms with Crippen LogP contribution in [0.4, 0.5) is 10.1 Å². The fourth-order valence-corrected chi connectivity index (χ4v) is 1.70. The van der Waals surface area contributed by atoms with Crippen molar-refractivity contribution in [3.8, 4) is 0 Å². The van der Waals surface area contributed by atoms with Crippen LogP contribution in [0.25, 0.3) is 0 Å². The maximum atomic E-state index is 13.7. The van der Waals surface area contributed by atoms with Crippen molar-refractivity contribution in [3.05, 3.63) is 53.2 Å². The molecule has 0 bridgehead atoms. The molecule has 0 aliphatic carbocycles. The lowest BCUT2D eigenvalue weighted by Gasteiger charge is -2.07. The number of benzene rings is 1. The number of aryl methyl sites for hydroxylation is 1. The molecule has 0 saturated heterocycles. The fourth-order valence-electron chi connectivity index (χ4n) is 1.57. The summed E-state index contributed by atoms with van der Waals surface area (Å²) in [4.78, 5) is 0.183. The van der Waals surface area contributed by atoms with Gasteiger partial charge in [0.2, 0.25) is 0 Å². The summed E-state index contributed by atoms with van der Waals surface area (Å²) in [7, 11) is 0. The Labute approximate surface area is 110 Å². The SMILES string of the molecule is Cc1ccc(CNc2ccc(C(N)=S)cc2F)o1. The highest BCUT2D eigenvalue weighted by Crippen LogP contribution is 2.17. The molecular formula is C13H13FN2OS. The van der Waals surface area contributed by atoms with Gasteiger partial charge in [-0.05, 0) is 37.3 Å². The minimum atomic E-state index is -0.386. The highest BCUT2D eigenvalue weighted by molar-refractivity contribution is 7.80. The molecule has 0 saturated carbocycles. The summed E-state index contributed by atoms with van der Waals surface area (Å²) in [6, 6.07) is 8.33. The maximum Gasteiger partial charge on any atom is 0.146 e. The van der Waals surface area contributed by atoms with Crippen LogP contribution in [-0.2, 0) is 6.54 Å². The first-order chi connectivity index (χ1) is 8.56. The molecule has 0 atom stereocenters. The summed E-state index contributed by atoms with van der Waals surface area (Å²) in [6.45, 7) is 2.29. The molecule has 0 radical (unpaired) electrons. The predicted octanol–water partition coefficient (Wildman–Crippen LogP) is 2.97. The van der Waals surface area contributed by atoms with E-state index in [9.17, 15) is 4.39 Å². The number of rotatable bonds is 4. The normalized spacial score (nSPS) is 10.3. The Hall–Kier alpha value is -1.88. The summed E-state index contributed by atoms with van der Waals surface area (Å²) < 4.78 is 19.1. The van der Waals surface area contributed by atoms with Crippen molar-refractivity contribution in [2.45, 2.75) is 13.5 Å². The van der Waals surface area contributed by atoms with Crippen LogP contribution in [0.15, 0.2) is 34.7 Å². The van der Waals surface area contributed by atoms with Crippen molar-refractivity contribution < 1.29 is 8.81 Å². The molecular weight excluding hydrogens is 251 g/mol. The maximum absolute atomic E-state index is 13.7. The van der Waals surface area contributed by atoms with Crippen LogP contribution < -0.4 is 11.1 Å². The standard InChI is InChI=1S/C13H13FN2OS/c1-8-2-4-10(17-8)7-16-12-5-3-9(13(15)18)6-11(12)14/h2-6,16H,7H2,1H3,(H2,15,18). The molecule has 94 valence electrons. The van der Waals surface area contributed by atoms with Crippen molar-refractivity contribution in [2.24, 2.45) is 5.73 Å². The van der Waals surface area contributed by atoms with E-state index < -0.39 is 0 Å². The molecule has 0 spiro atoms. The minimum absolute atomic E-state index is 0.183. The number of nitrogens with one attached hydrogen (secondary N) is 1. The molecule has 0 unspecified atom stereocenters. The van der Waals surface area contributed by atoms with Gasteiger partial charge in [0.05, 0.1) is 12.2 Å². The van der Waals surface area contributed by atoms with Crippen LogP contribution in [0, 0.1) is 12.7 Å². The predicted molar refractivity (Wildman–Crippen MR) is 73.1 cm³/mol. The van der Waals surface area contributed by atoms with E-state index in [1.807, 2.05) is 19.1 Å². The number of anilines is 1. The summed E-state index contributed by atoms with van der Waals surface area (Å²) >= 11 is 4.78. The lowest BCUT2D eigenvalue weighted by molar-refractivity contribution is 0.490. The number of furan rings is 1. The molecule has 5 heteroatoms. The Balaban J connectivity index is 2.08. The number of nitrogens with two attached hydrogens (primary N) is 1. The number of thiocarbonyl (C=S) groups is 1. The Morgan fingerprint density at radius 2 is 2.17 bits per heavy atom. The summed E-state index contributed by atoms with van der Waals surface area (Å²) in [5.41, 5.74) is 6.34. The zero-order chi connectivity index (χ0) is 13.1. The molecule has 3 nitrogen and oxygen atoms in total. The lowest BCUT2D eigenvalue weighted by Crippen LogP contribution is -2.10. The van der Waals surface area contributed by atoms with E-state index in [1.165, 1.54) is 6.07 Å². The van der Waals surface area contributed by atoms with Crippen molar-refractivity contribution >= 4 is 22.9 Å². The second-order valence-corrected chi connectivity index (χ2v) is 4.36.